The predicted octanol–water partition coefficient (Wildman–Crippen LogP) is 2.86. The largest absolute Gasteiger partial charge is 0.496 e. The summed E-state index contributed by atoms with van der Waals surface area (Å²) in [5, 5.41) is 9.64. The zero-order valence-corrected chi connectivity index (χ0v) is 12.5. The summed E-state index contributed by atoms with van der Waals surface area (Å²) in [6.07, 6.45) is 0. The van der Waals surface area contributed by atoms with Crippen molar-refractivity contribution in [1.29, 1.82) is 0 Å². The second-order valence-electron chi connectivity index (χ2n) is 4.52. The SMILES string of the molecule is CCNC(c1csnn1)c1c(C)cc(C)cc1OC. The molecule has 0 fully saturated rings. The summed E-state index contributed by atoms with van der Waals surface area (Å²) in [4.78, 5) is 0. The monoisotopic (exact) mass is 277 g/mol. The molecule has 1 aromatic heterocycles. The third-order valence-electron chi connectivity index (χ3n) is 3.08. The number of rotatable bonds is 5. The van der Waals surface area contributed by atoms with Gasteiger partial charge < -0.3 is 10.1 Å². The van der Waals surface area contributed by atoms with E-state index in [9.17, 15) is 0 Å². The van der Waals surface area contributed by atoms with Gasteiger partial charge in [-0.05, 0) is 49.1 Å². The average Bonchev–Trinajstić information content (AvgIpc) is 2.89. The maximum Gasteiger partial charge on any atom is 0.124 e. The molecule has 0 radical (unpaired) electrons. The van der Waals surface area contributed by atoms with Crippen LogP contribution in [0.15, 0.2) is 17.5 Å². The highest BCUT2D eigenvalue weighted by atomic mass is 32.1. The minimum atomic E-state index is 0.0271. The Kier molecular flexibility index (Phi) is 4.50. The Hall–Kier alpha value is -1.46. The highest BCUT2D eigenvalue weighted by molar-refractivity contribution is 7.03. The molecule has 1 heterocycles. The number of hydrogen-bond acceptors (Lipinski definition) is 5. The van der Waals surface area contributed by atoms with Gasteiger partial charge in [0.05, 0.1) is 18.8 Å². The molecule has 0 bridgehead atoms. The molecule has 1 unspecified atom stereocenters. The first kappa shape index (κ1) is 14.0. The molecule has 0 saturated carbocycles. The van der Waals surface area contributed by atoms with E-state index >= 15 is 0 Å². The van der Waals surface area contributed by atoms with Crippen molar-refractivity contribution in [2.75, 3.05) is 13.7 Å². The molecule has 5 heteroatoms. The van der Waals surface area contributed by atoms with Gasteiger partial charge in [0, 0.05) is 10.9 Å². The fourth-order valence-electron chi connectivity index (χ4n) is 2.33. The zero-order valence-electron chi connectivity index (χ0n) is 11.7. The summed E-state index contributed by atoms with van der Waals surface area (Å²) in [7, 11) is 1.71. The summed E-state index contributed by atoms with van der Waals surface area (Å²) < 4.78 is 9.51. The van der Waals surface area contributed by atoms with Crippen LogP contribution in [-0.2, 0) is 0 Å². The first-order valence-corrected chi connectivity index (χ1v) is 7.16. The quantitative estimate of drug-likeness (QED) is 0.913. The van der Waals surface area contributed by atoms with Gasteiger partial charge in [0.15, 0.2) is 0 Å². The summed E-state index contributed by atoms with van der Waals surface area (Å²) in [6, 6.07) is 4.26. The van der Waals surface area contributed by atoms with Crippen LogP contribution < -0.4 is 10.1 Å². The van der Waals surface area contributed by atoms with Crippen molar-refractivity contribution in [2.24, 2.45) is 0 Å². The van der Waals surface area contributed by atoms with Crippen LogP contribution >= 0.6 is 11.5 Å². The molecule has 4 nitrogen and oxygen atoms in total. The van der Waals surface area contributed by atoms with Crippen LogP contribution in [0.3, 0.4) is 0 Å². The maximum atomic E-state index is 5.55. The molecule has 0 aliphatic rings. The van der Waals surface area contributed by atoms with Gasteiger partial charge in [0.25, 0.3) is 0 Å². The van der Waals surface area contributed by atoms with E-state index in [1.165, 1.54) is 22.7 Å². The number of benzene rings is 1. The molecular weight excluding hydrogens is 258 g/mol. The summed E-state index contributed by atoms with van der Waals surface area (Å²) in [6.45, 7) is 7.13. The lowest BCUT2D eigenvalue weighted by Crippen LogP contribution is -2.24. The van der Waals surface area contributed by atoms with E-state index < -0.39 is 0 Å². The number of aromatic nitrogens is 2. The van der Waals surface area contributed by atoms with E-state index in [0.717, 1.165) is 23.6 Å². The van der Waals surface area contributed by atoms with Crippen molar-refractivity contribution >= 4 is 11.5 Å². The van der Waals surface area contributed by atoms with E-state index in [2.05, 4.69) is 47.8 Å². The van der Waals surface area contributed by atoms with Crippen LogP contribution in [-0.4, -0.2) is 23.2 Å². The van der Waals surface area contributed by atoms with Gasteiger partial charge >= 0.3 is 0 Å². The molecule has 0 saturated heterocycles. The molecule has 1 atom stereocenters. The number of methoxy groups -OCH3 is 1. The highest BCUT2D eigenvalue weighted by Gasteiger charge is 2.22. The minimum Gasteiger partial charge on any atom is -0.496 e. The Labute approximate surface area is 118 Å². The number of nitrogens with one attached hydrogen (secondary N) is 1. The van der Waals surface area contributed by atoms with E-state index in [1.54, 1.807) is 7.11 Å². The highest BCUT2D eigenvalue weighted by Crippen LogP contribution is 2.33. The van der Waals surface area contributed by atoms with Crippen molar-refractivity contribution in [3.8, 4) is 5.75 Å². The third-order valence-corrected chi connectivity index (χ3v) is 3.61. The van der Waals surface area contributed by atoms with Crippen molar-refractivity contribution in [3.05, 3.63) is 39.9 Å². The van der Waals surface area contributed by atoms with E-state index in [-0.39, 0.29) is 6.04 Å². The lowest BCUT2D eigenvalue weighted by molar-refractivity contribution is 0.402. The van der Waals surface area contributed by atoms with Crippen LogP contribution in [0.2, 0.25) is 0 Å². The number of ether oxygens (including phenoxy) is 1. The van der Waals surface area contributed by atoms with Crippen LogP contribution in [0.5, 0.6) is 5.75 Å². The van der Waals surface area contributed by atoms with Gasteiger partial charge in [-0.25, -0.2) is 0 Å². The molecule has 2 rings (SSSR count). The summed E-state index contributed by atoms with van der Waals surface area (Å²) in [5.41, 5.74) is 4.49. The Balaban J connectivity index is 2.53. The molecular formula is C14H19N3OS. The van der Waals surface area contributed by atoms with Gasteiger partial charge in [-0.1, -0.05) is 17.5 Å². The Bertz CT molecular complexity index is 540. The Morgan fingerprint density at radius 2 is 2.16 bits per heavy atom. The molecule has 1 aromatic carbocycles. The second-order valence-corrected chi connectivity index (χ2v) is 5.13. The third kappa shape index (κ3) is 2.93. The van der Waals surface area contributed by atoms with Gasteiger partial charge in [-0.3, -0.25) is 0 Å². The van der Waals surface area contributed by atoms with E-state index in [1.807, 2.05) is 5.38 Å². The molecule has 0 spiro atoms. The average molecular weight is 277 g/mol. The fourth-order valence-corrected chi connectivity index (χ4v) is 2.81. The molecule has 102 valence electrons. The minimum absolute atomic E-state index is 0.0271. The van der Waals surface area contributed by atoms with Crippen LogP contribution in [0.4, 0.5) is 0 Å². The predicted molar refractivity (Wildman–Crippen MR) is 77.9 cm³/mol. The number of aryl methyl sites for hydroxylation is 2. The first-order chi connectivity index (χ1) is 9.17. The van der Waals surface area contributed by atoms with Crippen molar-refractivity contribution in [2.45, 2.75) is 26.8 Å². The van der Waals surface area contributed by atoms with Gasteiger partial charge in [-0.2, -0.15) is 0 Å². The van der Waals surface area contributed by atoms with Crippen molar-refractivity contribution in [3.63, 3.8) is 0 Å². The van der Waals surface area contributed by atoms with Crippen molar-refractivity contribution < 1.29 is 4.74 Å². The van der Waals surface area contributed by atoms with Crippen LogP contribution in [0, 0.1) is 13.8 Å². The maximum absolute atomic E-state index is 5.55. The second kappa shape index (κ2) is 6.12. The van der Waals surface area contributed by atoms with Gasteiger partial charge in [0.2, 0.25) is 0 Å². The van der Waals surface area contributed by atoms with Crippen LogP contribution in [0.25, 0.3) is 0 Å². The summed E-state index contributed by atoms with van der Waals surface area (Å²) >= 11 is 1.37. The standard InChI is InChI=1S/C14H19N3OS/c1-5-15-14(11-8-19-17-16-11)13-10(3)6-9(2)7-12(13)18-4/h6-8,14-15H,5H2,1-4H3. The molecule has 0 aliphatic carbocycles. The molecule has 0 amide bonds. The van der Waals surface area contributed by atoms with E-state index in [4.69, 9.17) is 4.74 Å². The first-order valence-electron chi connectivity index (χ1n) is 6.32. The lowest BCUT2D eigenvalue weighted by Gasteiger charge is -2.21. The number of hydrogen-bond donors (Lipinski definition) is 1. The van der Waals surface area contributed by atoms with Gasteiger partial charge in [0.1, 0.15) is 5.75 Å². The molecule has 0 aliphatic heterocycles. The Morgan fingerprint density at radius 3 is 2.74 bits per heavy atom. The summed E-state index contributed by atoms with van der Waals surface area (Å²) in [5.74, 6) is 0.899. The fraction of sp³-hybridized carbons (Fsp3) is 0.429. The molecule has 2 aromatic rings. The zero-order chi connectivity index (χ0) is 13.8. The lowest BCUT2D eigenvalue weighted by atomic mass is 9.96. The molecule has 19 heavy (non-hydrogen) atoms. The number of nitrogens with zero attached hydrogens (tertiary/aromatic N) is 2. The van der Waals surface area contributed by atoms with E-state index in [0.29, 0.717) is 0 Å². The topological polar surface area (TPSA) is 47.0 Å². The van der Waals surface area contributed by atoms with Crippen molar-refractivity contribution in [1.82, 2.24) is 14.9 Å². The normalized spacial score (nSPS) is 12.4. The Morgan fingerprint density at radius 1 is 1.37 bits per heavy atom. The molecule has 1 N–H and O–H groups in total. The smallest absolute Gasteiger partial charge is 0.124 e. The van der Waals surface area contributed by atoms with Crippen LogP contribution in [0.1, 0.15) is 35.3 Å². The van der Waals surface area contributed by atoms with Gasteiger partial charge in [-0.15, -0.1) is 5.10 Å².